The van der Waals surface area contributed by atoms with Gasteiger partial charge in [-0.3, -0.25) is 0 Å². The average molecular weight is 248 g/mol. The molecular weight excluding hydrogens is 238 g/mol. The zero-order chi connectivity index (χ0) is 8.97. The monoisotopic (exact) mass is 247 g/mol. The summed E-state index contributed by atoms with van der Waals surface area (Å²) in [6.45, 7) is 1.87. The second-order valence-electron chi connectivity index (χ2n) is 2.22. The Morgan fingerprint density at radius 1 is 1.50 bits per heavy atom. The van der Waals surface area contributed by atoms with E-state index in [2.05, 4.69) is 20.7 Å². The number of hydrogen-bond acceptors (Lipinski definition) is 1. The number of hydrogen-bond donors (Lipinski definition) is 1. The molecule has 1 unspecified atom stereocenters. The molecule has 0 saturated heterocycles. The topological polar surface area (TPSA) is 29.1 Å². The van der Waals surface area contributed by atoms with E-state index in [0.29, 0.717) is 5.75 Å². The van der Waals surface area contributed by atoms with Gasteiger partial charge in [-0.05, 0) is 28.1 Å². The van der Waals surface area contributed by atoms with Crippen LogP contribution in [0.5, 0.6) is 0 Å². The van der Waals surface area contributed by atoms with Crippen molar-refractivity contribution in [3.8, 4) is 0 Å². The average Bonchev–Trinajstić information content (AvgIpc) is 2.09. The van der Waals surface area contributed by atoms with Gasteiger partial charge in [0.1, 0.15) is 11.0 Å². The maximum absolute atomic E-state index is 11.1. The summed E-state index contributed by atoms with van der Waals surface area (Å²) >= 11 is 3.36. The molecular formula is C8H10BrNOS. The van der Waals surface area contributed by atoms with Crippen LogP contribution in [0.1, 0.15) is 6.92 Å². The predicted octanol–water partition coefficient (Wildman–Crippen LogP) is 2.54. The Bertz CT molecular complexity index is 290. The van der Waals surface area contributed by atoms with Gasteiger partial charge in [0.15, 0.2) is 0 Å². The number of benzene rings is 1. The molecule has 0 aliphatic heterocycles. The summed E-state index contributed by atoms with van der Waals surface area (Å²) in [5, 5.41) is 0. The van der Waals surface area contributed by atoms with Crippen LogP contribution in [0.3, 0.4) is 0 Å². The van der Waals surface area contributed by atoms with Gasteiger partial charge in [0.25, 0.3) is 0 Å². The third-order valence-electron chi connectivity index (χ3n) is 1.36. The van der Waals surface area contributed by atoms with Crippen LogP contribution in [0, 0.1) is 0 Å². The minimum atomic E-state index is -0.968. The second kappa shape index (κ2) is 4.62. The molecule has 1 N–H and O–H groups in total. The minimum absolute atomic E-state index is 0.612. The highest BCUT2D eigenvalue weighted by Gasteiger charge is 1.99. The van der Waals surface area contributed by atoms with Gasteiger partial charge in [0, 0.05) is 10.2 Å². The van der Waals surface area contributed by atoms with E-state index in [1.165, 1.54) is 0 Å². The molecule has 2 nitrogen and oxygen atoms in total. The standard InChI is InChI=1S/C8H10BrNOS/c1-2-12(11)10-8-6-4-3-5-7(8)9/h3-6,10H,2H2,1H3. The molecule has 0 bridgehead atoms. The first-order valence-electron chi connectivity index (χ1n) is 3.63. The third kappa shape index (κ3) is 2.60. The quantitative estimate of drug-likeness (QED) is 0.875. The van der Waals surface area contributed by atoms with Gasteiger partial charge in [0.05, 0.1) is 5.69 Å². The molecule has 4 heteroatoms. The Balaban J connectivity index is 2.75. The molecule has 12 heavy (non-hydrogen) atoms. The molecule has 0 aliphatic carbocycles. The van der Waals surface area contributed by atoms with Gasteiger partial charge in [-0.1, -0.05) is 19.1 Å². The smallest absolute Gasteiger partial charge is 0.116 e. The lowest BCUT2D eigenvalue weighted by Crippen LogP contribution is -2.06. The third-order valence-corrected chi connectivity index (χ3v) is 3.02. The highest BCUT2D eigenvalue weighted by molar-refractivity contribution is 9.10. The largest absolute Gasteiger partial charge is 0.304 e. The predicted molar refractivity (Wildman–Crippen MR) is 56.4 cm³/mol. The number of rotatable bonds is 3. The molecule has 0 heterocycles. The maximum atomic E-state index is 11.1. The van der Waals surface area contributed by atoms with Gasteiger partial charge in [-0.25, -0.2) is 4.21 Å². The van der Waals surface area contributed by atoms with Crippen LogP contribution in [-0.2, 0) is 11.0 Å². The van der Waals surface area contributed by atoms with Crippen LogP contribution in [0.4, 0.5) is 5.69 Å². The van der Waals surface area contributed by atoms with Crippen LogP contribution in [-0.4, -0.2) is 9.96 Å². The zero-order valence-corrected chi connectivity index (χ0v) is 9.11. The van der Waals surface area contributed by atoms with E-state index in [-0.39, 0.29) is 0 Å². The van der Waals surface area contributed by atoms with Gasteiger partial charge in [0.2, 0.25) is 0 Å². The SMILES string of the molecule is CCS(=O)Nc1ccccc1Br. The highest BCUT2D eigenvalue weighted by atomic mass is 79.9. The lowest BCUT2D eigenvalue weighted by molar-refractivity contribution is 0.687. The first-order chi connectivity index (χ1) is 5.74. The van der Waals surface area contributed by atoms with E-state index in [1.54, 1.807) is 0 Å². The molecule has 0 aliphatic rings. The zero-order valence-electron chi connectivity index (χ0n) is 6.71. The summed E-state index contributed by atoms with van der Waals surface area (Å²) in [6.07, 6.45) is 0. The molecule has 0 spiro atoms. The highest BCUT2D eigenvalue weighted by Crippen LogP contribution is 2.21. The van der Waals surface area contributed by atoms with Gasteiger partial charge < -0.3 is 4.72 Å². The van der Waals surface area contributed by atoms with Crippen molar-refractivity contribution in [3.05, 3.63) is 28.7 Å². The van der Waals surface area contributed by atoms with Crippen LogP contribution in [0.25, 0.3) is 0 Å². The van der Waals surface area contributed by atoms with Crippen molar-refractivity contribution in [2.75, 3.05) is 10.5 Å². The summed E-state index contributed by atoms with van der Waals surface area (Å²) < 4.78 is 14.9. The van der Waals surface area contributed by atoms with Gasteiger partial charge in [-0.15, -0.1) is 0 Å². The van der Waals surface area contributed by atoms with Crippen molar-refractivity contribution in [3.63, 3.8) is 0 Å². The molecule has 0 saturated carbocycles. The van der Waals surface area contributed by atoms with Crippen LogP contribution in [0.2, 0.25) is 0 Å². The Morgan fingerprint density at radius 2 is 2.17 bits per heavy atom. The van der Waals surface area contributed by atoms with Crippen molar-refractivity contribution in [1.82, 2.24) is 0 Å². The van der Waals surface area contributed by atoms with E-state index >= 15 is 0 Å². The van der Waals surface area contributed by atoms with E-state index < -0.39 is 11.0 Å². The maximum Gasteiger partial charge on any atom is 0.116 e. The van der Waals surface area contributed by atoms with Crippen molar-refractivity contribution >= 4 is 32.6 Å². The van der Waals surface area contributed by atoms with Crippen molar-refractivity contribution in [2.24, 2.45) is 0 Å². The Morgan fingerprint density at radius 3 is 2.75 bits per heavy atom. The van der Waals surface area contributed by atoms with Crippen molar-refractivity contribution in [1.29, 1.82) is 0 Å². The molecule has 66 valence electrons. The first-order valence-corrected chi connectivity index (χ1v) is 5.74. The Labute approximate surface area is 83.1 Å². The molecule has 0 aromatic heterocycles. The number of halogens is 1. The van der Waals surface area contributed by atoms with Gasteiger partial charge in [-0.2, -0.15) is 0 Å². The number of nitrogens with one attached hydrogen (secondary N) is 1. The Kier molecular flexibility index (Phi) is 3.75. The fraction of sp³-hybridized carbons (Fsp3) is 0.250. The molecule has 0 fully saturated rings. The summed E-state index contributed by atoms with van der Waals surface area (Å²) in [4.78, 5) is 0. The molecule has 0 radical (unpaired) electrons. The van der Waals surface area contributed by atoms with E-state index in [4.69, 9.17) is 0 Å². The molecule has 1 atom stereocenters. The lowest BCUT2D eigenvalue weighted by Gasteiger charge is -2.05. The molecule has 1 aromatic carbocycles. The van der Waals surface area contributed by atoms with E-state index in [0.717, 1.165) is 10.2 Å². The normalized spacial score (nSPS) is 12.5. The second-order valence-corrected chi connectivity index (χ2v) is 4.54. The first kappa shape index (κ1) is 9.74. The van der Waals surface area contributed by atoms with Crippen LogP contribution in [0.15, 0.2) is 28.7 Å². The van der Waals surface area contributed by atoms with E-state index in [9.17, 15) is 4.21 Å². The van der Waals surface area contributed by atoms with E-state index in [1.807, 2.05) is 31.2 Å². The summed E-state index contributed by atoms with van der Waals surface area (Å²) in [7, 11) is -0.968. The van der Waals surface area contributed by atoms with Crippen LogP contribution >= 0.6 is 15.9 Å². The summed E-state index contributed by atoms with van der Waals surface area (Å²) in [5.41, 5.74) is 0.873. The molecule has 1 aromatic rings. The fourth-order valence-corrected chi connectivity index (χ4v) is 1.82. The van der Waals surface area contributed by atoms with Crippen molar-refractivity contribution in [2.45, 2.75) is 6.92 Å². The fourth-order valence-electron chi connectivity index (χ4n) is 0.739. The summed E-state index contributed by atoms with van der Waals surface area (Å²) in [6, 6.07) is 7.62. The number of anilines is 1. The molecule has 1 rings (SSSR count). The Hall–Kier alpha value is -0.350. The lowest BCUT2D eigenvalue weighted by atomic mass is 10.3. The number of para-hydroxylation sites is 1. The van der Waals surface area contributed by atoms with Gasteiger partial charge >= 0.3 is 0 Å². The molecule has 0 amide bonds. The van der Waals surface area contributed by atoms with Crippen molar-refractivity contribution < 1.29 is 4.21 Å². The summed E-state index contributed by atoms with van der Waals surface area (Å²) in [5.74, 6) is 0.612. The minimum Gasteiger partial charge on any atom is -0.304 e. The van der Waals surface area contributed by atoms with Crippen LogP contribution < -0.4 is 4.72 Å².